The van der Waals surface area contributed by atoms with Gasteiger partial charge in [0.1, 0.15) is 5.75 Å². The van der Waals surface area contributed by atoms with Gasteiger partial charge in [0.25, 0.3) is 0 Å². The number of rotatable bonds is 1. The van der Waals surface area contributed by atoms with Crippen molar-refractivity contribution in [3.63, 3.8) is 0 Å². The third-order valence-electron chi connectivity index (χ3n) is 1.95. The lowest BCUT2D eigenvalue weighted by molar-refractivity contribution is 0.475. The number of nitrogens with zero attached hydrogens (tertiary/aromatic N) is 1. The minimum absolute atomic E-state index is 0.351. The number of phenols is 1. The van der Waals surface area contributed by atoms with E-state index in [-0.39, 0.29) is 0 Å². The Hall–Kier alpha value is -0.830. The number of anilines is 1. The first-order valence-electron chi connectivity index (χ1n) is 3.98. The van der Waals surface area contributed by atoms with Gasteiger partial charge in [0.15, 0.2) is 0 Å². The van der Waals surface area contributed by atoms with Crippen molar-refractivity contribution in [1.29, 1.82) is 0 Å². The van der Waals surface area contributed by atoms with Gasteiger partial charge in [-0.3, -0.25) is 0 Å². The van der Waals surface area contributed by atoms with Crippen molar-refractivity contribution in [2.24, 2.45) is 0 Å². The molecule has 1 heterocycles. The Morgan fingerprint density at radius 2 is 2.33 bits per heavy atom. The molecule has 0 unspecified atom stereocenters. The van der Waals surface area contributed by atoms with Gasteiger partial charge in [-0.1, -0.05) is 6.07 Å². The summed E-state index contributed by atoms with van der Waals surface area (Å²) in [5.74, 6) is 2.59. The van der Waals surface area contributed by atoms with E-state index in [2.05, 4.69) is 4.90 Å². The highest BCUT2D eigenvalue weighted by Gasteiger charge is 2.12. The fourth-order valence-electron chi connectivity index (χ4n) is 1.31. The summed E-state index contributed by atoms with van der Waals surface area (Å²) >= 11 is 1.93. The number of aromatic hydroxyl groups is 1. The Labute approximate surface area is 76.2 Å². The summed E-state index contributed by atoms with van der Waals surface area (Å²) in [6, 6.07) is 7.43. The van der Waals surface area contributed by atoms with Gasteiger partial charge in [0, 0.05) is 24.1 Å². The normalized spacial score (nSPS) is 16.8. The second-order valence-electron chi connectivity index (χ2n) is 2.82. The molecule has 2 nitrogen and oxygen atoms in total. The van der Waals surface area contributed by atoms with Crippen molar-refractivity contribution in [1.82, 2.24) is 0 Å². The van der Waals surface area contributed by atoms with E-state index in [1.807, 2.05) is 30.0 Å². The van der Waals surface area contributed by atoms with Gasteiger partial charge in [-0.2, -0.15) is 0 Å². The quantitative estimate of drug-likeness (QED) is 0.715. The van der Waals surface area contributed by atoms with Crippen molar-refractivity contribution in [3.05, 3.63) is 24.3 Å². The zero-order chi connectivity index (χ0) is 8.39. The molecule has 1 aromatic rings. The zero-order valence-electron chi connectivity index (χ0n) is 6.73. The molecule has 1 aliphatic rings. The Bertz CT molecular complexity index is 271. The maximum Gasteiger partial charge on any atom is 0.117 e. The van der Waals surface area contributed by atoms with Crippen molar-refractivity contribution < 1.29 is 5.11 Å². The molecular weight excluding hydrogens is 170 g/mol. The van der Waals surface area contributed by atoms with Crippen LogP contribution in [-0.2, 0) is 0 Å². The van der Waals surface area contributed by atoms with Gasteiger partial charge >= 0.3 is 0 Å². The lowest BCUT2D eigenvalue weighted by atomic mass is 10.3. The molecule has 0 aliphatic carbocycles. The zero-order valence-corrected chi connectivity index (χ0v) is 7.55. The van der Waals surface area contributed by atoms with Gasteiger partial charge < -0.3 is 10.0 Å². The highest BCUT2D eigenvalue weighted by atomic mass is 32.2. The first-order chi connectivity index (χ1) is 5.86. The van der Waals surface area contributed by atoms with E-state index in [1.54, 1.807) is 6.07 Å². The van der Waals surface area contributed by atoms with Crippen LogP contribution in [0.2, 0.25) is 0 Å². The van der Waals surface area contributed by atoms with E-state index in [4.69, 9.17) is 0 Å². The summed E-state index contributed by atoms with van der Waals surface area (Å²) in [5, 5.41) is 9.24. The molecule has 1 fully saturated rings. The average molecular weight is 181 g/mol. The SMILES string of the molecule is Oc1cccc(N2CCSC2)c1. The number of benzene rings is 1. The van der Waals surface area contributed by atoms with Crippen LogP contribution in [0.1, 0.15) is 0 Å². The highest BCUT2D eigenvalue weighted by Crippen LogP contribution is 2.25. The van der Waals surface area contributed by atoms with Crippen LogP contribution in [0.15, 0.2) is 24.3 Å². The van der Waals surface area contributed by atoms with Crippen LogP contribution in [0.3, 0.4) is 0 Å². The smallest absolute Gasteiger partial charge is 0.117 e. The van der Waals surface area contributed by atoms with Gasteiger partial charge in [-0.15, -0.1) is 11.8 Å². The summed E-state index contributed by atoms with van der Waals surface area (Å²) < 4.78 is 0. The molecule has 0 spiro atoms. The molecule has 1 saturated heterocycles. The molecule has 3 heteroatoms. The lowest BCUT2D eigenvalue weighted by Crippen LogP contribution is -2.17. The van der Waals surface area contributed by atoms with E-state index < -0.39 is 0 Å². The topological polar surface area (TPSA) is 23.5 Å². The van der Waals surface area contributed by atoms with E-state index in [9.17, 15) is 5.11 Å². The standard InChI is InChI=1S/C9H11NOS/c11-9-3-1-2-8(6-9)10-4-5-12-7-10/h1-3,6,11H,4-5,7H2. The third-order valence-corrected chi connectivity index (χ3v) is 2.91. The molecule has 12 heavy (non-hydrogen) atoms. The van der Waals surface area contributed by atoms with E-state index in [1.165, 1.54) is 5.75 Å². The first-order valence-corrected chi connectivity index (χ1v) is 5.13. The largest absolute Gasteiger partial charge is 0.508 e. The second-order valence-corrected chi connectivity index (χ2v) is 3.90. The summed E-state index contributed by atoms with van der Waals surface area (Å²) in [4.78, 5) is 2.27. The van der Waals surface area contributed by atoms with Crippen molar-refractivity contribution in [2.75, 3.05) is 23.1 Å². The van der Waals surface area contributed by atoms with E-state index >= 15 is 0 Å². The number of thioether (sulfide) groups is 1. The molecule has 0 saturated carbocycles. The van der Waals surface area contributed by atoms with Crippen molar-refractivity contribution in [2.45, 2.75) is 0 Å². The molecule has 2 rings (SSSR count). The average Bonchev–Trinajstić information content (AvgIpc) is 2.56. The maximum absolute atomic E-state index is 9.24. The van der Waals surface area contributed by atoms with E-state index in [0.29, 0.717) is 5.75 Å². The Balaban J connectivity index is 2.21. The van der Waals surface area contributed by atoms with Crippen LogP contribution in [0, 0.1) is 0 Å². The fraction of sp³-hybridized carbons (Fsp3) is 0.333. The van der Waals surface area contributed by atoms with Crippen LogP contribution in [-0.4, -0.2) is 23.3 Å². The second kappa shape index (κ2) is 3.27. The predicted octanol–water partition coefficient (Wildman–Crippen LogP) is 1.90. The highest BCUT2D eigenvalue weighted by molar-refractivity contribution is 7.99. The van der Waals surface area contributed by atoms with Crippen molar-refractivity contribution >= 4 is 17.4 Å². The van der Waals surface area contributed by atoms with Crippen LogP contribution in [0.4, 0.5) is 5.69 Å². The Kier molecular flexibility index (Phi) is 2.13. The van der Waals surface area contributed by atoms with Crippen molar-refractivity contribution in [3.8, 4) is 5.75 Å². The van der Waals surface area contributed by atoms with Gasteiger partial charge in [-0.05, 0) is 12.1 Å². The first kappa shape index (κ1) is 7.80. The minimum Gasteiger partial charge on any atom is -0.508 e. The van der Waals surface area contributed by atoms with E-state index in [0.717, 1.165) is 18.1 Å². The fourth-order valence-corrected chi connectivity index (χ4v) is 2.28. The lowest BCUT2D eigenvalue weighted by Gasteiger charge is -2.16. The molecule has 0 radical (unpaired) electrons. The Morgan fingerprint density at radius 1 is 1.42 bits per heavy atom. The molecule has 64 valence electrons. The monoisotopic (exact) mass is 181 g/mol. The van der Waals surface area contributed by atoms with Crippen LogP contribution in [0.25, 0.3) is 0 Å². The van der Waals surface area contributed by atoms with Gasteiger partial charge in [-0.25, -0.2) is 0 Å². The van der Waals surface area contributed by atoms with Gasteiger partial charge in [0.2, 0.25) is 0 Å². The summed E-state index contributed by atoms with van der Waals surface area (Å²) in [7, 11) is 0. The van der Waals surface area contributed by atoms with Crippen LogP contribution in [0.5, 0.6) is 5.75 Å². The molecule has 1 aromatic carbocycles. The van der Waals surface area contributed by atoms with Crippen LogP contribution < -0.4 is 4.90 Å². The van der Waals surface area contributed by atoms with Gasteiger partial charge in [0.05, 0.1) is 5.88 Å². The predicted molar refractivity (Wildman–Crippen MR) is 52.8 cm³/mol. The minimum atomic E-state index is 0.351. The molecule has 1 N–H and O–H groups in total. The summed E-state index contributed by atoms with van der Waals surface area (Å²) in [6.45, 7) is 1.09. The summed E-state index contributed by atoms with van der Waals surface area (Å²) in [5.41, 5.74) is 1.13. The molecular formula is C9H11NOS. The molecule has 0 bridgehead atoms. The summed E-state index contributed by atoms with van der Waals surface area (Å²) in [6.07, 6.45) is 0. The molecule has 0 amide bonds. The molecule has 0 atom stereocenters. The number of hydrogen-bond donors (Lipinski definition) is 1. The number of hydrogen-bond acceptors (Lipinski definition) is 3. The maximum atomic E-state index is 9.24. The Morgan fingerprint density at radius 3 is 3.00 bits per heavy atom. The third kappa shape index (κ3) is 1.50. The molecule has 1 aliphatic heterocycles. The molecule has 0 aromatic heterocycles. The van der Waals surface area contributed by atoms with Crippen LogP contribution >= 0.6 is 11.8 Å². The number of phenolic OH excluding ortho intramolecular Hbond substituents is 1.